The monoisotopic (exact) mass is 245 g/mol. The van der Waals surface area contributed by atoms with E-state index >= 15 is 0 Å². The molecular formula is C12H11N3O3. The Morgan fingerprint density at radius 2 is 2.06 bits per heavy atom. The highest BCUT2D eigenvalue weighted by molar-refractivity contribution is 6.01. The minimum absolute atomic E-state index is 0.0129. The number of H-pyrrole nitrogens is 1. The molecule has 0 saturated heterocycles. The fourth-order valence-corrected chi connectivity index (χ4v) is 2.43. The summed E-state index contributed by atoms with van der Waals surface area (Å²) in [6.45, 7) is 0. The van der Waals surface area contributed by atoms with Crippen molar-refractivity contribution in [2.75, 3.05) is 0 Å². The van der Waals surface area contributed by atoms with E-state index in [1.165, 1.54) is 10.8 Å². The number of nitrogens with one attached hydrogen (secondary N) is 1. The number of carbonyl (C=O) groups excluding carboxylic acids is 1. The minimum Gasteiger partial charge on any atom is -0.294 e. The van der Waals surface area contributed by atoms with Gasteiger partial charge in [0.05, 0.1) is 5.39 Å². The second kappa shape index (κ2) is 3.63. The first-order valence-corrected chi connectivity index (χ1v) is 5.73. The summed E-state index contributed by atoms with van der Waals surface area (Å²) in [7, 11) is 1.55. The maximum Gasteiger partial charge on any atom is 0.329 e. The molecule has 92 valence electrons. The molecule has 1 aliphatic rings. The van der Waals surface area contributed by atoms with Gasteiger partial charge in [-0.3, -0.25) is 19.1 Å². The highest BCUT2D eigenvalue weighted by atomic mass is 16.2. The van der Waals surface area contributed by atoms with E-state index in [4.69, 9.17) is 0 Å². The first kappa shape index (κ1) is 10.9. The molecule has 0 spiro atoms. The van der Waals surface area contributed by atoms with Gasteiger partial charge in [-0.1, -0.05) is 0 Å². The molecule has 0 bridgehead atoms. The Morgan fingerprint density at radius 3 is 2.83 bits per heavy atom. The number of aromatic nitrogens is 3. The van der Waals surface area contributed by atoms with Crippen molar-refractivity contribution >= 4 is 16.8 Å². The van der Waals surface area contributed by atoms with Crippen LogP contribution in [0.5, 0.6) is 0 Å². The largest absolute Gasteiger partial charge is 0.329 e. The van der Waals surface area contributed by atoms with Gasteiger partial charge < -0.3 is 0 Å². The molecule has 1 N–H and O–H groups in total. The smallest absolute Gasteiger partial charge is 0.294 e. The van der Waals surface area contributed by atoms with Crippen LogP contribution in [0, 0.1) is 0 Å². The third kappa shape index (κ3) is 1.35. The maximum absolute atomic E-state index is 11.9. The van der Waals surface area contributed by atoms with Crippen LogP contribution in [-0.2, 0) is 13.5 Å². The van der Waals surface area contributed by atoms with Gasteiger partial charge in [-0.2, -0.15) is 0 Å². The van der Waals surface area contributed by atoms with E-state index in [1.54, 1.807) is 7.05 Å². The molecule has 3 rings (SSSR count). The molecule has 0 saturated carbocycles. The van der Waals surface area contributed by atoms with Crippen molar-refractivity contribution in [1.82, 2.24) is 14.5 Å². The van der Waals surface area contributed by atoms with Crippen molar-refractivity contribution < 1.29 is 4.79 Å². The lowest BCUT2D eigenvalue weighted by molar-refractivity contribution is 0.0972. The number of carbonyl (C=O) groups is 1. The van der Waals surface area contributed by atoms with Crippen molar-refractivity contribution in [3.8, 4) is 0 Å². The first-order valence-electron chi connectivity index (χ1n) is 5.73. The summed E-state index contributed by atoms with van der Waals surface area (Å²) in [6.07, 6.45) is 3.36. The Bertz CT molecular complexity index is 785. The summed E-state index contributed by atoms with van der Waals surface area (Å²) in [5.41, 5.74) is 0.595. The van der Waals surface area contributed by atoms with Crippen molar-refractivity contribution in [2.45, 2.75) is 19.3 Å². The lowest BCUT2D eigenvalue weighted by Crippen LogP contribution is -2.30. The summed E-state index contributed by atoms with van der Waals surface area (Å²) in [6, 6.07) is 0. The number of aryl methyl sites for hydroxylation is 2. The second-order valence-electron chi connectivity index (χ2n) is 4.44. The third-order valence-electron chi connectivity index (χ3n) is 3.37. The number of rotatable bonds is 0. The normalized spacial score (nSPS) is 14.8. The van der Waals surface area contributed by atoms with Gasteiger partial charge in [0, 0.05) is 25.2 Å². The fraction of sp³-hybridized carbons (Fsp3) is 0.333. The van der Waals surface area contributed by atoms with Crippen LogP contribution in [-0.4, -0.2) is 20.3 Å². The van der Waals surface area contributed by atoms with E-state index in [9.17, 15) is 14.4 Å². The summed E-state index contributed by atoms with van der Waals surface area (Å²) in [4.78, 5) is 41.5. The van der Waals surface area contributed by atoms with Gasteiger partial charge in [0.1, 0.15) is 5.65 Å². The lowest BCUT2D eigenvalue weighted by Gasteiger charge is -2.16. The van der Waals surface area contributed by atoms with E-state index in [1.807, 2.05) is 0 Å². The molecule has 0 aromatic carbocycles. The zero-order chi connectivity index (χ0) is 12.9. The molecule has 6 nitrogen and oxygen atoms in total. The average molecular weight is 245 g/mol. The molecule has 0 radical (unpaired) electrons. The molecule has 0 fully saturated rings. The third-order valence-corrected chi connectivity index (χ3v) is 3.37. The molecule has 2 heterocycles. The van der Waals surface area contributed by atoms with E-state index in [0.29, 0.717) is 35.0 Å². The van der Waals surface area contributed by atoms with Crippen LogP contribution < -0.4 is 11.2 Å². The van der Waals surface area contributed by atoms with Gasteiger partial charge in [0.25, 0.3) is 5.56 Å². The van der Waals surface area contributed by atoms with E-state index in [0.717, 1.165) is 6.42 Å². The topological polar surface area (TPSA) is 84.8 Å². The summed E-state index contributed by atoms with van der Waals surface area (Å²) in [5.74, 6) is 0.0129. The molecule has 0 unspecified atom stereocenters. The van der Waals surface area contributed by atoms with Crippen LogP contribution in [0.15, 0.2) is 15.8 Å². The van der Waals surface area contributed by atoms with Gasteiger partial charge in [-0.25, -0.2) is 9.78 Å². The van der Waals surface area contributed by atoms with Gasteiger partial charge in [0.2, 0.25) is 0 Å². The van der Waals surface area contributed by atoms with Crippen molar-refractivity contribution in [1.29, 1.82) is 0 Å². The first-order chi connectivity index (χ1) is 8.59. The Labute approximate surface area is 101 Å². The fourth-order valence-electron chi connectivity index (χ4n) is 2.43. The van der Waals surface area contributed by atoms with E-state index in [-0.39, 0.29) is 5.78 Å². The highest BCUT2D eigenvalue weighted by Gasteiger charge is 2.22. The van der Waals surface area contributed by atoms with Crippen LogP contribution in [0.2, 0.25) is 0 Å². The van der Waals surface area contributed by atoms with Crippen LogP contribution in [0.25, 0.3) is 11.0 Å². The van der Waals surface area contributed by atoms with Crippen LogP contribution in [0.3, 0.4) is 0 Å². The number of hydrogen-bond donors (Lipinski definition) is 1. The molecule has 6 heteroatoms. The number of aromatic amines is 1. The van der Waals surface area contributed by atoms with Gasteiger partial charge >= 0.3 is 5.69 Å². The molecule has 2 aromatic rings. The molecule has 0 aliphatic heterocycles. The predicted octanol–water partition coefficient (Wildman–Crippen LogP) is 0.141. The zero-order valence-electron chi connectivity index (χ0n) is 9.82. The molecule has 18 heavy (non-hydrogen) atoms. The van der Waals surface area contributed by atoms with E-state index < -0.39 is 11.2 Å². The Kier molecular flexibility index (Phi) is 2.19. The zero-order valence-corrected chi connectivity index (χ0v) is 9.82. The quantitative estimate of drug-likeness (QED) is 0.715. The average Bonchev–Trinajstić information content (AvgIpc) is 2.35. The summed E-state index contributed by atoms with van der Waals surface area (Å²) < 4.78 is 1.29. The van der Waals surface area contributed by atoms with Gasteiger partial charge in [-0.15, -0.1) is 0 Å². The number of ketones is 1. The number of Topliss-reactive ketones (excluding diaryl/α,β-unsaturated/α-hetero) is 1. The van der Waals surface area contributed by atoms with Crippen LogP contribution >= 0.6 is 0 Å². The molecule has 0 amide bonds. The highest BCUT2D eigenvalue weighted by Crippen LogP contribution is 2.24. The van der Waals surface area contributed by atoms with Crippen molar-refractivity contribution in [3.63, 3.8) is 0 Å². The maximum atomic E-state index is 11.9. The Morgan fingerprint density at radius 1 is 1.28 bits per heavy atom. The number of nitrogens with zero attached hydrogens (tertiary/aromatic N) is 2. The summed E-state index contributed by atoms with van der Waals surface area (Å²) >= 11 is 0. The molecule has 0 atom stereocenters. The van der Waals surface area contributed by atoms with Crippen LogP contribution in [0.4, 0.5) is 0 Å². The number of hydrogen-bond acceptors (Lipinski definition) is 4. The summed E-state index contributed by atoms with van der Waals surface area (Å²) in [5, 5.41) is 0.364. The molecule has 1 aliphatic carbocycles. The van der Waals surface area contributed by atoms with Gasteiger partial charge in [-0.05, 0) is 18.4 Å². The number of fused-ring (bicyclic) bond motifs is 3. The Hall–Kier alpha value is -2.24. The van der Waals surface area contributed by atoms with Crippen molar-refractivity contribution in [2.24, 2.45) is 7.05 Å². The molecular weight excluding hydrogens is 234 g/mol. The minimum atomic E-state index is -0.498. The lowest BCUT2D eigenvalue weighted by atomic mass is 9.90. The number of pyridine rings is 1. The van der Waals surface area contributed by atoms with Gasteiger partial charge in [0.15, 0.2) is 5.78 Å². The van der Waals surface area contributed by atoms with Crippen LogP contribution in [0.1, 0.15) is 28.8 Å². The second-order valence-corrected chi connectivity index (χ2v) is 4.44. The standard InChI is InChI=1S/C12H11N3O3/c1-15-10-9(11(17)14-12(15)18)6-3-2-4-8(16)7(6)5-13-10/h5H,2-4H2,1H3,(H,14,17,18). The SMILES string of the molecule is Cn1c(=O)[nH]c(=O)c2c3c(cnc21)C(=O)CCC3. The molecule has 2 aromatic heterocycles. The Balaban J connectivity index is 2.54. The predicted molar refractivity (Wildman–Crippen MR) is 64.9 cm³/mol. The van der Waals surface area contributed by atoms with E-state index in [2.05, 4.69) is 9.97 Å². The van der Waals surface area contributed by atoms with Crippen molar-refractivity contribution in [3.05, 3.63) is 38.2 Å².